The number of Topliss-reactive ketones (excluding diaryl/α,β-unsaturated/α-hetero) is 1. The van der Waals surface area contributed by atoms with Gasteiger partial charge in [0.15, 0.2) is 5.78 Å². The van der Waals surface area contributed by atoms with E-state index in [1.165, 1.54) is 12.8 Å². The Morgan fingerprint density at radius 2 is 1.81 bits per heavy atom. The maximum Gasteiger partial charge on any atom is 0.251 e. The molecule has 2 N–H and O–H groups in total. The molecular formula is C22H28N2O2. The number of carbonyl (C=O) groups excluding carboxylic acids is 2. The molecule has 1 aromatic carbocycles. The zero-order valence-electron chi connectivity index (χ0n) is 16.2. The van der Waals surface area contributed by atoms with Crippen molar-refractivity contribution in [3.63, 3.8) is 0 Å². The van der Waals surface area contributed by atoms with E-state index in [9.17, 15) is 9.59 Å². The van der Waals surface area contributed by atoms with E-state index in [2.05, 4.69) is 24.1 Å². The van der Waals surface area contributed by atoms with Crippen molar-refractivity contribution >= 4 is 22.6 Å². The number of aromatic amines is 1. The third-order valence-electron chi connectivity index (χ3n) is 6.15. The van der Waals surface area contributed by atoms with Gasteiger partial charge >= 0.3 is 0 Å². The number of carbonyl (C=O) groups is 2. The van der Waals surface area contributed by atoms with Gasteiger partial charge in [0.25, 0.3) is 5.91 Å². The van der Waals surface area contributed by atoms with Gasteiger partial charge in [0, 0.05) is 27.9 Å². The van der Waals surface area contributed by atoms with Crippen LogP contribution in [0.4, 0.5) is 0 Å². The molecule has 0 radical (unpaired) electrons. The Balaban J connectivity index is 1.77. The number of hydrogen-bond donors (Lipinski definition) is 2. The highest BCUT2D eigenvalue weighted by molar-refractivity contribution is 6.08. The normalized spacial score (nSPS) is 21.8. The smallest absolute Gasteiger partial charge is 0.251 e. The Kier molecular flexibility index (Phi) is 3.80. The Labute approximate surface area is 154 Å². The first-order valence-corrected chi connectivity index (χ1v) is 9.71. The molecule has 2 aliphatic carbocycles. The van der Waals surface area contributed by atoms with Crippen LogP contribution in [0.15, 0.2) is 18.2 Å². The van der Waals surface area contributed by atoms with Crippen LogP contribution in [0.2, 0.25) is 0 Å². The SMILES string of the molecule is CC1(C)CC(C)(C)c2c([nH]c3ccc(C(=O)NC4CCCC4)cc23)C1=O. The number of amides is 1. The van der Waals surface area contributed by atoms with Crippen LogP contribution in [0.5, 0.6) is 0 Å². The van der Waals surface area contributed by atoms with E-state index < -0.39 is 0 Å². The second kappa shape index (κ2) is 5.70. The lowest BCUT2D eigenvalue weighted by molar-refractivity contribution is 0.0759. The first-order chi connectivity index (χ1) is 12.2. The van der Waals surface area contributed by atoms with Crippen LogP contribution in [0.1, 0.15) is 86.2 Å². The molecule has 0 unspecified atom stereocenters. The molecule has 1 saturated carbocycles. The molecule has 4 nitrogen and oxygen atoms in total. The van der Waals surface area contributed by atoms with Gasteiger partial charge in [-0.25, -0.2) is 0 Å². The average Bonchev–Trinajstić information content (AvgIpc) is 3.18. The number of hydrogen-bond acceptors (Lipinski definition) is 2. The molecule has 26 heavy (non-hydrogen) atoms. The number of H-pyrrole nitrogens is 1. The predicted molar refractivity (Wildman–Crippen MR) is 104 cm³/mol. The fourth-order valence-electron chi connectivity index (χ4n) is 5.16. The highest BCUT2D eigenvalue weighted by Crippen LogP contribution is 2.48. The largest absolute Gasteiger partial charge is 0.352 e. The van der Waals surface area contributed by atoms with Gasteiger partial charge in [-0.05, 0) is 48.4 Å². The maximum atomic E-state index is 12.9. The zero-order valence-corrected chi connectivity index (χ0v) is 16.2. The summed E-state index contributed by atoms with van der Waals surface area (Å²) >= 11 is 0. The van der Waals surface area contributed by atoms with Crippen molar-refractivity contribution in [2.45, 2.75) is 71.3 Å². The molecule has 1 amide bonds. The summed E-state index contributed by atoms with van der Waals surface area (Å²) in [6.45, 7) is 8.43. The number of benzene rings is 1. The highest BCUT2D eigenvalue weighted by Gasteiger charge is 2.45. The predicted octanol–water partition coefficient (Wildman–Crippen LogP) is 4.73. The summed E-state index contributed by atoms with van der Waals surface area (Å²) in [6, 6.07) is 6.06. The molecule has 0 saturated heterocycles. The summed E-state index contributed by atoms with van der Waals surface area (Å²) in [5.74, 6) is 0.161. The standard InChI is InChI=1S/C22H28N2O2/c1-21(2)12-22(3,4)19(25)18-17(21)15-11-13(9-10-16(15)24-18)20(26)23-14-7-5-6-8-14/h9-11,14,24H,5-8,12H2,1-4H3,(H,23,26). The molecule has 1 aromatic heterocycles. The molecule has 0 aliphatic heterocycles. The molecule has 2 aliphatic rings. The first-order valence-electron chi connectivity index (χ1n) is 9.71. The Bertz CT molecular complexity index is 898. The van der Waals surface area contributed by atoms with Gasteiger partial charge in [0.1, 0.15) is 0 Å². The van der Waals surface area contributed by atoms with E-state index in [0.717, 1.165) is 41.4 Å². The number of fused-ring (bicyclic) bond motifs is 3. The quantitative estimate of drug-likeness (QED) is 0.821. The van der Waals surface area contributed by atoms with Crippen LogP contribution in [0.25, 0.3) is 10.9 Å². The van der Waals surface area contributed by atoms with Crippen molar-refractivity contribution in [3.05, 3.63) is 35.0 Å². The van der Waals surface area contributed by atoms with Crippen molar-refractivity contribution in [2.75, 3.05) is 0 Å². The van der Waals surface area contributed by atoms with Crippen LogP contribution in [-0.4, -0.2) is 22.7 Å². The van der Waals surface area contributed by atoms with Gasteiger partial charge in [-0.2, -0.15) is 0 Å². The lowest BCUT2D eigenvalue weighted by atomic mass is 9.63. The Morgan fingerprint density at radius 3 is 2.50 bits per heavy atom. The molecule has 138 valence electrons. The molecule has 0 spiro atoms. The summed E-state index contributed by atoms with van der Waals surface area (Å²) in [5.41, 5.74) is 2.90. The second-order valence-electron chi connectivity index (χ2n) is 9.36. The van der Waals surface area contributed by atoms with Gasteiger partial charge in [0.05, 0.1) is 5.69 Å². The van der Waals surface area contributed by atoms with Crippen molar-refractivity contribution < 1.29 is 9.59 Å². The number of rotatable bonds is 2. The van der Waals surface area contributed by atoms with E-state index >= 15 is 0 Å². The van der Waals surface area contributed by atoms with Crippen molar-refractivity contribution in [2.24, 2.45) is 5.41 Å². The fourth-order valence-corrected chi connectivity index (χ4v) is 5.16. The van der Waals surface area contributed by atoms with E-state index in [-0.39, 0.29) is 22.5 Å². The van der Waals surface area contributed by atoms with Gasteiger partial charge in [-0.1, -0.05) is 40.5 Å². The monoisotopic (exact) mass is 352 g/mol. The minimum atomic E-state index is -0.375. The summed E-state index contributed by atoms with van der Waals surface area (Å²) in [6.07, 6.45) is 5.34. The van der Waals surface area contributed by atoms with Crippen LogP contribution >= 0.6 is 0 Å². The van der Waals surface area contributed by atoms with Crippen LogP contribution < -0.4 is 5.32 Å². The summed E-state index contributed by atoms with van der Waals surface area (Å²) < 4.78 is 0. The topological polar surface area (TPSA) is 62.0 Å². The molecular weight excluding hydrogens is 324 g/mol. The number of nitrogens with one attached hydrogen (secondary N) is 2. The summed E-state index contributed by atoms with van der Waals surface area (Å²) in [7, 11) is 0. The second-order valence-corrected chi connectivity index (χ2v) is 9.36. The maximum absolute atomic E-state index is 12.9. The highest BCUT2D eigenvalue weighted by atomic mass is 16.1. The van der Waals surface area contributed by atoms with Crippen LogP contribution in [0.3, 0.4) is 0 Å². The number of aromatic nitrogens is 1. The van der Waals surface area contributed by atoms with E-state index in [1.54, 1.807) is 0 Å². The minimum Gasteiger partial charge on any atom is -0.352 e. The minimum absolute atomic E-state index is 0.00554. The first kappa shape index (κ1) is 17.3. The summed E-state index contributed by atoms with van der Waals surface area (Å²) in [5, 5.41) is 4.17. The molecule has 4 heteroatoms. The molecule has 0 atom stereocenters. The van der Waals surface area contributed by atoms with E-state index in [1.807, 2.05) is 32.0 Å². The van der Waals surface area contributed by atoms with Gasteiger partial charge < -0.3 is 10.3 Å². The van der Waals surface area contributed by atoms with Gasteiger partial charge in [-0.3, -0.25) is 9.59 Å². The fraction of sp³-hybridized carbons (Fsp3) is 0.545. The van der Waals surface area contributed by atoms with Crippen LogP contribution in [-0.2, 0) is 5.41 Å². The third kappa shape index (κ3) is 2.67. The molecule has 1 fully saturated rings. The molecule has 2 aromatic rings. The van der Waals surface area contributed by atoms with Gasteiger partial charge in [0.2, 0.25) is 0 Å². The van der Waals surface area contributed by atoms with E-state index in [0.29, 0.717) is 11.6 Å². The molecule has 4 rings (SSSR count). The zero-order chi connectivity index (χ0) is 18.7. The van der Waals surface area contributed by atoms with E-state index in [4.69, 9.17) is 0 Å². The lowest BCUT2D eigenvalue weighted by Crippen LogP contribution is -2.39. The third-order valence-corrected chi connectivity index (χ3v) is 6.15. The van der Waals surface area contributed by atoms with Crippen molar-refractivity contribution in [1.29, 1.82) is 0 Å². The summed E-state index contributed by atoms with van der Waals surface area (Å²) in [4.78, 5) is 28.9. The lowest BCUT2D eigenvalue weighted by Gasteiger charge is -2.39. The molecule has 0 bridgehead atoms. The molecule has 1 heterocycles. The van der Waals surface area contributed by atoms with Crippen molar-refractivity contribution in [3.8, 4) is 0 Å². The Morgan fingerprint density at radius 1 is 1.12 bits per heavy atom. The van der Waals surface area contributed by atoms with Gasteiger partial charge in [-0.15, -0.1) is 0 Å². The van der Waals surface area contributed by atoms with Crippen molar-refractivity contribution in [1.82, 2.24) is 10.3 Å². The van der Waals surface area contributed by atoms with Crippen LogP contribution in [0, 0.1) is 5.41 Å². The Hall–Kier alpha value is -2.10. The average molecular weight is 352 g/mol. The number of ketones is 1.